The third-order valence-electron chi connectivity index (χ3n) is 2.16. The van der Waals surface area contributed by atoms with Crippen molar-refractivity contribution in [2.45, 2.75) is 11.8 Å². The van der Waals surface area contributed by atoms with E-state index < -0.39 is 11.8 Å². The molecule has 0 amide bonds. The van der Waals surface area contributed by atoms with Gasteiger partial charge in [-0.1, -0.05) is 0 Å². The van der Waals surface area contributed by atoms with E-state index in [1.165, 1.54) is 24.9 Å². The summed E-state index contributed by atoms with van der Waals surface area (Å²) in [6.45, 7) is 1.84. The van der Waals surface area contributed by atoms with Gasteiger partial charge >= 0.3 is 5.97 Å². The molecule has 4 nitrogen and oxygen atoms in total. The Bertz CT molecular complexity index is 440. The Morgan fingerprint density at radius 2 is 2.00 bits per heavy atom. The lowest BCUT2D eigenvalue weighted by Crippen LogP contribution is -2.14. The predicted molar refractivity (Wildman–Crippen MR) is 61.5 cm³/mol. The normalized spacial score (nSPS) is 9.94. The topological polar surface area (TPSA) is 63.6 Å². The third kappa shape index (κ3) is 2.36. The summed E-state index contributed by atoms with van der Waals surface area (Å²) in [5.74, 6) is -1.86. The molecule has 0 saturated carbocycles. The van der Waals surface area contributed by atoms with E-state index in [4.69, 9.17) is 9.84 Å². The molecule has 16 heavy (non-hydrogen) atoms. The van der Waals surface area contributed by atoms with Gasteiger partial charge in [0.1, 0.15) is 5.75 Å². The first-order valence-corrected chi connectivity index (χ1v) is 5.74. The number of aryl methyl sites for hydroxylation is 1. The Hall–Kier alpha value is -1.49. The van der Waals surface area contributed by atoms with Gasteiger partial charge in [0.15, 0.2) is 0 Å². The maximum absolute atomic E-state index is 11.4. The number of ether oxygens (including phenoxy) is 1. The molecule has 0 heterocycles. The van der Waals surface area contributed by atoms with Crippen LogP contribution >= 0.6 is 11.8 Å². The molecule has 86 valence electrons. The zero-order chi connectivity index (χ0) is 12.3. The van der Waals surface area contributed by atoms with Gasteiger partial charge in [0.05, 0.1) is 7.11 Å². The number of rotatable bonds is 4. The quantitative estimate of drug-likeness (QED) is 0.495. The van der Waals surface area contributed by atoms with Crippen molar-refractivity contribution < 1.29 is 19.4 Å². The minimum Gasteiger partial charge on any atom is -0.496 e. The van der Waals surface area contributed by atoms with Crippen LogP contribution in [0.15, 0.2) is 17.0 Å². The van der Waals surface area contributed by atoms with Crippen LogP contribution in [0, 0.1) is 6.92 Å². The Labute approximate surface area is 97.6 Å². The molecule has 0 aliphatic carbocycles. The van der Waals surface area contributed by atoms with Crippen LogP contribution in [0.25, 0.3) is 0 Å². The van der Waals surface area contributed by atoms with E-state index in [2.05, 4.69) is 0 Å². The van der Waals surface area contributed by atoms with Crippen molar-refractivity contribution in [3.8, 4) is 5.75 Å². The van der Waals surface area contributed by atoms with Gasteiger partial charge in [-0.3, -0.25) is 4.79 Å². The molecule has 0 aliphatic rings. The molecule has 0 aliphatic heterocycles. The summed E-state index contributed by atoms with van der Waals surface area (Å²) in [5.41, 5.74) is 1.04. The van der Waals surface area contributed by atoms with Crippen LogP contribution in [-0.2, 0) is 4.79 Å². The van der Waals surface area contributed by atoms with Gasteiger partial charge in [-0.15, -0.1) is 11.8 Å². The average Bonchev–Trinajstić information content (AvgIpc) is 2.27. The largest absolute Gasteiger partial charge is 0.496 e. The lowest BCUT2D eigenvalue weighted by atomic mass is 10.1. The number of ketones is 1. The molecule has 0 saturated heterocycles. The molecule has 0 radical (unpaired) electrons. The number of aliphatic carboxylic acids is 1. The van der Waals surface area contributed by atoms with Crippen molar-refractivity contribution in [3.05, 3.63) is 23.3 Å². The molecular formula is C11H12O4S. The van der Waals surface area contributed by atoms with E-state index in [1.54, 1.807) is 12.3 Å². The number of hydrogen-bond acceptors (Lipinski definition) is 4. The maximum Gasteiger partial charge on any atom is 0.377 e. The van der Waals surface area contributed by atoms with Crippen LogP contribution in [0.2, 0.25) is 0 Å². The Balaban J connectivity index is 3.35. The summed E-state index contributed by atoms with van der Waals surface area (Å²) < 4.78 is 5.06. The highest BCUT2D eigenvalue weighted by Crippen LogP contribution is 2.29. The number of Topliss-reactive ketones (excluding diaryl/α,β-unsaturated/α-hetero) is 1. The predicted octanol–water partition coefficient (Wildman–Crippen LogP) is 1.99. The SMILES string of the molecule is COc1cc(C(=O)C(=O)O)c(SC)cc1C. The van der Waals surface area contributed by atoms with E-state index in [0.717, 1.165) is 5.56 Å². The molecule has 1 aromatic rings. The van der Waals surface area contributed by atoms with Crippen molar-refractivity contribution in [1.82, 2.24) is 0 Å². The van der Waals surface area contributed by atoms with Gasteiger partial charge in [-0.05, 0) is 30.9 Å². The van der Waals surface area contributed by atoms with Gasteiger partial charge in [0, 0.05) is 10.5 Å². The molecular weight excluding hydrogens is 228 g/mol. The van der Waals surface area contributed by atoms with E-state index in [0.29, 0.717) is 10.6 Å². The van der Waals surface area contributed by atoms with Crippen LogP contribution < -0.4 is 4.74 Å². The average molecular weight is 240 g/mol. The molecule has 0 unspecified atom stereocenters. The lowest BCUT2D eigenvalue weighted by molar-refractivity contribution is -0.131. The van der Waals surface area contributed by atoms with Gasteiger partial charge in [-0.2, -0.15) is 0 Å². The van der Waals surface area contributed by atoms with Crippen molar-refractivity contribution >= 4 is 23.5 Å². The van der Waals surface area contributed by atoms with Gasteiger partial charge in [0.2, 0.25) is 0 Å². The number of carboxylic acids is 1. The molecule has 0 bridgehead atoms. The lowest BCUT2D eigenvalue weighted by Gasteiger charge is -2.10. The molecule has 0 spiro atoms. The van der Waals surface area contributed by atoms with Crippen molar-refractivity contribution in [2.75, 3.05) is 13.4 Å². The second-order valence-corrected chi connectivity index (χ2v) is 4.00. The highest BCUT2D eigenvalue weighted by Gasteiger charge is 2.20. The summed E-state index contributed by atoms with van der Waals surface area (Å²) in [5, 5.41) is 8.69. The number of carbonyl (C=O) groups excluding carboxylic acids is 1. The summed E-state index contributed by atoms with van der Waals surface area (Å²) >= 11 is 1.33. The smallest absolute Gasteiger partial charge is 0.377 e. The minimum atomic E-state index is -1.46. The molecule has 0 atom stereocenters. The molecule has 0 aromatic heterocycles. The summed E-state index contributed by atoms with van der Waals surface area (Å²) in [6, 6.07) is 3.22. The van der Waals surface area contributed by atoms with Crippen LogP contribution in [0.1, 0.15) is 15.9 Å². The zero-order valence-electron chi connectivity index (χ0n) is 9.23. The number of carboxylic acid groups (broad SMARTS) is 1. The van der Waals surface area contributed by atoms with E-state index in [-0.39, 0.29) is 5.56 Å². The van der Waals surface area contributed by atoms with Crippen LogP contribution in [0.3, 0.4) is 0 Å². The van der Waals surface area contributed by atoms with E-state index in [1.807, 2.05) is 6.92 Å². The molecule has 1 N–H and O–H groups in total. The summed E-state index contributed by atoms with van der Waals surface area (Å²) in [6.07, 6.45) is 1.79. The molecule has 1 aromatic carbocycles. The molecule has 0 fully saturated rings. The van der Waals surface area contributed by atoms with Gasteiger partial charge < -0.3 is 9.84 Å². The second kappa shape index (κ2) is 5.03. The third-order valence-corrected chi connectivity index (χ3v) is 2.93. The fraction of sp³-hybridized carbons (Fsp3) is 0.273. The van der Waals surface area contributed by atoms with Crippen LogP contribution in [0.5, 0.6) is 5.75 Å². The highest BCUT2D eigenvalue weighted by molar-refractivity contribution is 7.98. The monoisotopic (exact) mass is 240 g/mol. The first-order valence-electron chi connectivity index (χ1n) is 4.51. The number of benzene rings is 1. The molecule has 1 rings (SSSR count). The van der Waals surface area contributed by atoms with E-state index in [9.17, 15) is 9.59 Å². The Morgan fingerprint density at radius 1 is 1.38 bits per heavy atom. The fourth-order valence-corrected chi connectivity index (χ4v) is 2.01. The second-order valence-electron chi connectivity index (χ2n) is 3.16. The first kappa shape index (κ1) is 12.6. The summed E-state index contributed by atoms with van der Waals surface area (Å²) in [4.78, 5) is 22.7. The number of carbonyl (C=O) groups is 2. The van der Waals surface area contributed by atoms with Gasteiger partial charge in [-0.25, -0.2) is 4.79 Å². The highest BCUT2D eigenvalue weighted by atomic mass is 32.2. The fourth-order valence-electron chi connectivity index (χ4n) is 1.34. The number of thioether (sulfide) groups is 1. The minimum absolute atomic E-state index is 0.169. The Kier molecular flexibility index (Phi) is 3.95. The molecule has 5 heteroatoms. The number of methoxy groups -OCH3 is 1. The van der Waals surface area contributed by atoms with Crippen LogP contribution in [0.4, 0.5) is 0 Å². The summed E-state index contributed by atoms with van der Waals surface area (Å²) in [7, 11) is 1.48. The van der Waals surface area contributed by atoms with Crippen LogP contribution in [-0.4, -0.2) is 30.2 Å². The van der Waals surface area contributed by atoms with Crippen molar-refractivity contribution in [3.63, 3.8) is 0 Å². The van der Waals surface area contributed by atoms with E-state index >= 15 is 0 Å². The standard InChI is InChI=1S/C11H12O4S/c1-6-4-9(16-3)7(5-8(6)15-2)10(12)11(13)14/h4-5H,1-3H3,(H,13,14). The maximum atomic E-state index is 11.4. The first-order chi connectivity index (χ1) is 7.51. The number of hydrogen-bond donors (Lipinski definition) is 1. The van der Waals surface area contributed by atoms with Crippen molar-refractivity contribution in [2.24, 2.45) is 0 Å². The zero-order valence-corrected chi connectivity index (χ0v) is 10.1. The van der Waals surface area contributed by atoms with Gasteiger partial charge in [0.25, 0.3) is 5.78 Å². The Morgan fingerprint density at radius 3 is 2.44 bits per heavy atom. The van der Waals surface area contributed by atoms with Crippen molar-refractivity contribution in [1.29, 1.82) is 0 Å².